The summed E-state index contributed by atoms with van der Waals surface area (Å²) in [6, 6.07) is 1.84. The molecular formula is C28H44O2. The van der Waals surface area contributed by atoms with Crippen LogP contribution in [0.5, 0.6) is 11.5 Å². The summed E-state index contributed by atoms with van der Waals surface area (Å²) in [5, 5.41) is 10.1. The molecule has 2 rings (SSSR count). The van der Waals surface area contributed by atoms with E-state index in [4.69, 9.17) is 4.74 Å². The Morgan fingerprint density at radius 3 is 2.50 bits per heavy atom. The van der Waals surface area contributed by atoms with E-state index in [1.54, 1.807) is 5.57 Å². The zero-order valence-electron chi connectivity index (χ0n) is 20.5. The largest absolute Gasteiger partial charge is 0.508 e. The third-order valence-corrected chi connectivity index (χ3v) is 6.62. The van der Waals surface area contributed by atoms with Gasteiger partial charge >= 0.3 is 0 Å². The lowest BCUT2D eigenvalue weighted by atomic mass is 9.86. The molecule has 1 aromatic rings. The molecule has 0 spiro atoms. The van der Waals surface area contributed by atoms with Gasteiger partial charge in [0.1, 0.15) is 17.1 Å². The zero-order chi connectivity index (χ0) is 22.3. The summed E-state index contributed by atoms with van der Waals surface area (Å²) in [7, 11) is 0. The second-order valence-corrected chi connectivity index (χ2v) is 10.2. The molecule has 0 saturated heterocycles. The maximum atomic E-state index is 10.1. The van der Waals surface area contributed by atoms with Gasteiger partial charge in [0.25, 0.3) is 0 Å². The van der Waals surface area contributed by atoms with Crippen molar-refractivity contribution in [3.8, 4) is 11.5 Å². The van der Waals surface area contributed by atoms with Gasteiger partial charge in [0, 0.05) is 5.56 Å². The van der Waals surface area contributed by atoms with E-state index in [2.05, 4.69) is 46.8 Å². The van der Waals surface area contributed by atoms with E-state index in [-0.39, 0.29) is 5.60 Å². The van der Waals surface area contributed by atoms with Gasteiger partial charge in [-0.25, -0.2) is 0 Å². The Morgan fingerprint density at radius 1 is 1.13 bits per heavy atom. The minimum Gasteiger partial charge on any atom is -0.508 e. The number of hydrogen-bond donors (Lipinski definition) is 1. The van der Waals surface area contributed by atoms with Crippen molar-refractivity contribution >= 4 is 0 Å². The van der Waals surface area contributed by atoms with Crippen molar-refractivity contribution in [1.82, 2.24) is 0 Å². The molecule has 1 aliphatic heterocycles. The van der Waals surface area contributed by atoms with Crippen molar-refractivity contribution in [2.45, 2.75) is 112 Å². The maximum absolute atomic E-state index is 10.1. The van der Waals surface area contributed by atoms with Gasteiger partial charge in [-0.15, -0.1) is 0 Å². The van der Waals surface area contributed by atoms with Gasteiger partial charge < -0.3 is 9.84 Å². The molecule has 0 radical (unpaired) electrons. The van der Waals surface area contributed by atoms with Crippen LogP contribution in [-0.4, -0.2) is 10.7 Å². The minimum atomic E-state index is -0.120. The standard InChI is InChI=1S/C28H44O2/c1-20(2)11-8-12-21(3)13-9-14-22(4)15-10-17-28(7)18-16-25-24(6)26(29)19-23(5)27(25)30-28/h13,15,19-20,29H,8-12,14,16-18H2,1-7H3/b21-13+,22-15+. The summed E-state index contributed by atoms with van der Waals surface area (Å²) >= 11 is 0. The van der Waals surface area contributed by atoms with E-state index in [1.807, 2.05) is 19.9 Å². The van der Waals surface area contributed by atoms with Crippen molar-refractivity contribution in [3.05, 3.63) is 46.1 Å². The predicted molar refractivity (Wildman–Crippen MR) is 130 cm³/mol. The molecule has 168 valence electrons. The topological polar surface area (TPSA) is 29.5 Å². The first-order valence-electron chi connectivity index (χ1n) is 11.9. The van der Waals surface area contributed by atoms with Gasteiger partial charge in [-0.1, -0.05) is 43.6 Å². The molecule has 1 heterocycles. The van der Waals surface area contributed by atoms with E-state index < -0.39 is 0 Å². The fourth-order valence-corrected chi connectivity index (χ4v) is 4.41. The van der Waals surface area contributed by atoms with Crippen molar-refractivity contribution in [1.29, 1.82) is 0 Å². The SMILES string of the molecule is C/C(=C\CCC1(C)CCc2c(C)c(O)cc(C)c2O1)CC/C=C(\C)CCCC(C)C. The quantitative estimate of drug-likeness (QED) is 0.391. The number of benzene rings is 1. The normalized spacial score (nSPS) is 19.7. The molecule has 0 amide bonds. The molecule has 0 bridgehead atoms. The Labute approximate surface area is 185 Å². The number of hydrogen-bond acceptors (Lipinski definition) is 2. The van der Waals surface area contributed by atoms with Crippen LogP contribution in [0.3, 0.4) is 0 Å². The van der Waals surface area contributed by atoms with E-state index in [0.717, 1.165) is 61.3 Å². The first kappa shape index (κ1) is 24.6. The molecule has 1 atom stereocenters. The smallest absolute Gasteiger partial charge is 0.126 e. The van der Waals surface area contributed by atoms with Crippen LogP contribution in [0.1, 0.15) is 103 Å². The monoisotopic (exact) mass is 412 g/mol. The lowest BCUT2D eigenvalue weighted by Gasteiger charge is -2.37. The summed E-state index contributed by atoms with van der Waals surface area (Å²) in [5.74, 6) is 2.20. The molecule has 1 N–H and O–H groups in total. The van der Waals surface area contributed by atoms with Crippen molar-refractivity contribution < 1.29 is 9.84 Å². The summed E-state index contributed by atoms with van der Waals surface area (Å²) in [4.78, 5) is 0. The van der Waals surface area contributed by atoms with Crippen LogP contribution >= 0.6 is 0 Å². The highest BCUT2D eigenvalue weighted by molar-refractivity contribution is 5.53. The first-order chi connectivity index (χ1) is 14.1. The fraction of sp³-hybridized carbons (Fsp3) is 0.643. The van der Waals surface area contributed by atoms with Gasteiger partial charge in [-0.3, -0.25) is 0 Å². The van der Waals surface area contributed by atoms with Crippen molar-refractivity contribution in [2.75, 3.05) is 0 Å². The molecule has 1 aliphatic rings. The van der Waals surface area contributed by atoms with Crippen molar-refractivity contribution in [2.24, 2.45) is 5.92 Å². The third kappa shape index (κ3) is 7.22. The molecule has 1 aromatic carbocycles. The van der Waals surface area contributed by atoms with Gasteiger partial charge in [0.05, 0.1) is 0 Å². The molecule has 0 saturated carbocycles. The Hall–Kier alpha value is -1.70. The van der Waals surface area contributed by atoms with Crippen LogP contribution in [0, 0.1) is 19.8 Å². The molecule has 2 heteroatoms. The Bertz CT molecular complexity index is 769. The van der Waals surface area contributed by atoms with Crippen molar-refractivity contribution in [3.63, 3.8) is 0 Å². The molecular weight excluding hydrogens is 368 g/mol. The van der Waals surface area contributed by atoms with E-state index in [9.17, 15) is 5.11 Å². The van der Waals surface area contributed by atoms with Gasteiger partial charge in [-0.2, -0.15) is 0 Å². The maximum Gasteiger partial charge on any atom is 0.126 e. The van der Waals surface area contributed by atoms with Crippen LogP contribution in [-0.2, 0) is 6.42 Å². The van der Waals surface area contributed by atoms with E-state index in [0.29, 0.717) is 5.75 Å². The fourth-order valence-electron chi connectivity index (χ4n) is 4.41. The first-order valence-corrected chi connectivity index (χ1v) is 11.9. The number of rotatable bonds is 10. The van der Waals surface area contributed by atoms with Gasteiger partial charge in [-0.05, 0) is 109 Å². The molecule has 0 aliphatic carbocycles. The summed E-state index contributed by atoms with van der Waals surface area (Å²) < 4.78 is 6.48. The Balaban J connectivity index is 1.81. The molecule has 30 heavy (non-hydrogen) atoms. The van der Waals surface area contributed by atoms with Gasteiger partial charge in [0.15, 0.2) is 0 Å². The lowest BCUT2D eigenvalue weighted by molar-refractivity contribution is 0.0559. The molecule has 1 unspecified atom stereocenters. The average molecular weight is 413 g/mol. The number of aryl methyl sites for hydroxylation is 1. The van der Waals surface area contributed by atoms with Gasteiger partial charge in [0.2, 0.25) is 0 Å². The number of phenolic OH excluding ortho intramolecular Hbond substituents is 1. The van der Waals surface area contributed by atoms with Crippen LogP contribution in [0.25, 0.3) is 0 Å². The van der Waals surface area contributed by atoms with Crippen LogP contribution < -0.4 is 4.74 Å². The second kappa shape index (κ2) is 11.1. The average Bonchev–Trinajstić information content (AvgIpc) is 2.66. The zero-order valence-corrected chi connectivity index (χ0v) is 20.5. The highest BCUT2D eigenvalue weighted by Crippen LogP contribution is 2.42. The van der Waals surface area contributed by atoms with Crippen LogP contribution in [0.2, 0.25) is 0 Å². The minimum absolute atomic E-state index is 0.120. The number of ether oxygens (including phenoxy) is 1. The summed E-state index contributed by atoms with van der Waals surface area (Å²) in [5.41, 5.74) is 6.11. The van der Waals surface area contributed by atoms with Crippen LogP contribution in [0.15, 0.2) is 29.4 Å². The van der Waals surface area contributed by atoms with Crippen LogP contribution in [0.4, 0.5) is 0 Å². The number of allylic oxidation sites excluding steroid dienone is 4. The predicted octanol–water partition coefficient (Wildman–Crippen LogP) is 8.37. The lowest BCUT2D eigenvalue weighted by Crippen LogP contribution is -2.36. The highest BCUT2D eigenvalue weighted by atomic mass is 16.5. The summed E-state index contributed by atoms with van der Waals surface area (Å²) in [6.07, 6.45) is 15.1. The number of fused-ring (bicyclic) bond motifs is 1. The Kier molecular flexibility index (Phi) is 9.07. The summed E-state index contributed by atoms with van der Waals surface area (Å²) in [6.45, 7) is 15.4. The third-order valence-electron chi connectivity index (χ3n) is 6.62. The van der Waals surface area contributed by atoms with E-state index in [1.165, 1.54) is 30.4 Å². The molecule has 2 nitrogen and oxygen atoms in total. The Morgan fingerprint density at radius 2 is 1.80 bits per heavy atom. The second-order valence-electron chi connectivity index (χ2n) is 10.2. The van der Waals surface area contributed by atoms with E-state index >= 15 is 0 Å². The number of aromatic hydroxyl groups is 1. The molecule has 0 fully saturated rings. The molecule has 0 aromatic heterocycles. The number of phenols is 1. The highest BCUT2D eigenvalue weighted by Gasteiger charge is 2.33.